The van der Waals surface area contributed by atoms with E-state index >= 15 is 0 Å². The predicted octanol–water partition coefficient (Wildman–Crippen LogP) is 2.95. The van der Waals surface area contributed by atoms with Crippen molar-refractivity contribution in [3.05, 3.63) is 46.9 Å². The highest BCUT2D eigenvalue weighted by molar-refractivity contribution is 9.10. The van der Waals surface area contributed by atoms with E-state index in [4.69, 9.17) is 10.8 Å². The van der Waals surface area contributed by atoms with Crippen LogP contribution in [0.15, 0.2) is 41.4 Å². The molecule has 0 unspecified atom stereocenters. The van der Waals surface area contributed by atoms with E-state index in [-0.39, 0.29) is 18.0 Å². The van der Waals surface area contributed by atoms with Crippen molar-refractivity contribution in [2.45, 2.75) is 0 Å². The monoisotopic (exact) mass is 389 g/mol. The van der Waals surface area contributed by atoms with Gasteiger partial charge in [-0.3, -0.25) is 9.78 Å². The van der Waals surface area contributed by atoms with Gasteiger partial charge in [0, 0.05) is 24.7 Å². The zero-order chi connectivity index (χ0) is 18.0. The first-order chi connectivity index (χ1) is 12.0. The van der Waals surface area contributed by atoms with Crippen molar-refractivity contribution in [2.75, 3.05) is 14.2 Å². The lowest BCUT2D eigenvalue weighted by Crippen LogP contribution is -2.18. The molecule has 3 rings (SSSR count). The molecule has 8 heteroatoms. The van der Waals surface area contributed by atoms with Crippen LogP contribution in [0.25, 0.3) is 10.9 Å². The van der Waals surface area contributed by atoms with Gasteiger partial charge in [-0.2, -0.15) is 0 Å². The first-order valence-electron chi connectivity index (χ1n) is 7.38. The van der Waals surface area contributed by atoms with Crippen LogP contribution in [0.5, 0.6) is 17.4 Å². The van der Waals surface area contributed by atoms with Crippen LogP contribution < -0.4 is 14.8 Å². The van der Waals surface area contributed by atoms with Gasteiger partial charge < -0.3 is 14.8 Å². The number of aromatic nitrogens is 3. The van der Waals surface area contributed by atoms with Crippen LogP contribution in [0.4, 0.5) is 0 Å². The number of halogens is 1. The highest BCUT2D eigenvalue weighted by Gasteiger charge is 2.15. The molecule has 0 bridgehead atoms. The van der Waals surface area contributed by atoms with E-state index in [9.17, 15) is 4.79 Å². The van der Waals surface area contributed by atoms with Crippen molar-refractivity contribution >= 4 is 32.7 Å². The minimum Gasteiger partial charge on any atom is -0.496 e. The molecule has 1 aromatic carbocycles. The number of rotatable bonds is 4. The lowest BCUT2D eigenvalue weighted by Gasteiger charge is -2.12. The zero-order valence-corrected chi connectivity index (χ0v) is 14.4. The third-order valence-corrected chi connectivity index (χ3v) is 3.66. The highest BCUT2D eigenvalue weighted by Crippen LogP contribution is 2.32. The van der Waals surface area contributed by atoms with E-state index in [1.165, 1.54) is 32.6 Å². The summed E-state index contributed by atoms with van der Waals surface area (Å²) in [7, 11) is 3.00. The zero-order valence-electron chi connectivity index (χ0n) is 13.8. The molecule has 2 aromatic heterocycles. The van der Waals surface area contributed by atoms with Crippen LogP contribution in [-0.2, 0) is 0 Å². The number of nitrogens with one attached hydrogen (secondary N) is 1. The lowest BCUT2D eigenvalue weighted by atomic mass is 10.1. The molecule has 24 heavy (non-hydrogen) atoms. The van der Waals surface area contributed by atoms with Gasteiger partial charge in [-0.15, -0.1) is 0 Å². The van der Waals surface area contributed by atoms with Gasteiger partial charge in [-0.1, -0.05) is 0 Å². The Morgan fingerprint density at radius 2 is 2.08 bits per heavy atom. The van der Waals surface area contributed by atoms with E-state index in [1.807, 2.05) is 0 Å². The fourth-order valence-corrected chi connectivity index (χ4v) is 2.33. The van der Waals surface area contributed by atoms with Gasteiger partial charge in [-0.25, -0.2) is 9.97 Å². The van der Waals surface area contributed by atoms with Gasteiger partial charge >= 0.3 is 0 Å². The minimum absolute atomic E-state index is 0.0160. The topological polar surface area (TPSA) is 86.2 Å². The standard InChI is InChI=1S/C16H13BrN4O3/c1-18-16(22)10-5-9-11(6-13(10)23-2)19-4-3-12(9)24-15-8-20-14(17)7-21-15/h3-8H,1-2H3,(H,18,22)/i4D. The lowest BCUT2D eigenvalue weighted by molar-refractivity contribution is 0.0960. The molecule has 0 fully saturated rings. The summed E-state index contributed by atoms with van der Waals surface area (Å²) in [5.74, 6) is 0.661. The Hall–Kier alpha value is -2.74. The summed E-state index contributed by atoms with van der Waals surface area (Å²) in [5, 5.41) is 3.12. The second-order valence-electron chi connectivity index (χ2n) is 4.68. The van der Waals surface area contributed by atoms with Gasteiger partial charge in [0.15, 0.2) is 0 Å². The molecule has 0 saturated heterocycles. The Balaban J connectivity index is 2.16. The van der Waals surface area contributed by atoms with Crippen molar-refractivity contribution in [1.29, 1.82) is 0 Å². The maximum absolute atomic E-state index is 12.1. The van der Waals surface area contributed by atoms with Crippen LogP contribution in [0.1, 0.15) is 11.7 Å². The first kappa shape index (κ1) is 14.8. The molecule has 3 aromatic rings. The van der Waals surface area contributed by atoms with Crippen LogP contribution in [-0.4, -0.2) is 35.0 Å². The summed E-state index contributed by atoms with van der Waals surface area (Å²) in [6, 6.07) is 4.66. The fraction of sp³-hybridized carbons (Fsp3) is 0.125. The van der Waals surface area contributed by atoms with Crippen molar-refractivity contribution < 1.29 is 15.6 Å². The van der Waals surface area contributed by atoms with E-state index in [0.717, 1.165) is 0 Å². The van der Waals surface area contributed by atoms with Crippen molar-refractivity contribution in [1.82, 2.24) is 20.3 Å². The Morgan fingerprint density at radius 1 is 1.25 bits per heavy atom. The van der Waals surface area contributed by atoms with E-state index in [2.05, 4.69) is 36.2 Å². The van der Waals surface area contributed by atoms with E-state index in [0.29, 0.717) is 32.6 Å². The molecule has 0 aliphatic carbocycles. The molecule has 0 radical (unpaired) electrons. The highest BCUT2D eigenvalue weighted by atomic mass is 79.9. The molecule has 0 spiro atoms. The smallest absolute Gasteiger partial charge is 0.254 e. The quantitative estimate of drug-likeness (QED) is 0.737. The average Bonchev–Trinajstić information content (AvgIpc) is 2.61. The van der Waals surface area contributed by atoms with Gasteiger partial charge in [-0.05, 0) is 28.1 Å². The molecule has 0 atom stereocenters. The Bertz CT molecular complexity index is 950. The van der Waals surface area contributed by atoms with Crippen LogP contribution in [0, 0.1) is 0 Å². The van der Waals surface area contributed by atoms with Crippen LogP contribution in [0.3, 0.4) is 0 Å². The molecular weight excluding hydrogens is 376 g/mol. The number of hydrogen-bond donors (Lipinski definition) is 1. The van der Waals surface area contributed by atoms with E-state index in [1.54, 1.807) is 12.1 Å². The largest absolute Gasteiger partial charge is 0.496 e. The Labute approximate surface area is 147 Å². The number of ether oxygens (including phenoxy) is 2. The first-order valence-corrected chi connectivity index (χ1v) is 7.68. The number of fused-ring (bicyclic) bond motifs is 1. The number of carbonyl (C=O) groups is 1. The molecule has 1 N–H and O–H groups in total. The summed E-state index contributed by atoms with van der Waals surface area (Å²) >= 11 is 3.20. The minimum atomic E-state index is -0.303. The average molecular weight is 390 g/mol. The molecule has 7 nitrogen and oxygen atoms in total. The van der Waals surface area contributed by atoms with Gasteiger partial charge in [0.25, 0.3) is 5.91 Å². The summed E-state index contributed by atoms with van der Waals surface area (Å²) in [4.78, 5) is 24.4. The number of amides is 1. The fourth-order valence-electron chi connectivity index (χ4n) is 2.13. The second kappa shape index (κ2) is 6.79. The van der Waals surface area contributed by atoms with Crippen LogP contribution >= 0.6 is 15.9 Å². The molecule has 2 heterocycles. The number of methoxy groups -OCH3 is 1. The summed E-state index contributed by atoms with van der Waals surface area (Å²) in [5.41, 5.74) is 0.806. The van der Waals surface area contributed by atoms with E-state index < -0.39 is 0 Å². The molecule has 122 valence electrons. The molecule has 0 aliphatic heterocycles. The number of carbonyl (C=O) groups excluding carboxylic acids is 1. The van der Waals surface area contributed by atoms with Gasteiger partial charge in [0.1, 0.15) is 16.1 Å². The number of pyridine rings is 1. The summed E-state index contributed by atoms with van der Waals surface area (Å²) in [6.07, 6.45) is 2.96. The maximum atomic E-state index is 12.1. The summed E-state index contributed by atoms with van der Waals surface area (Å²) in [6.45, 7) is 0. The third kappa shape index (κ3) is 3.13. The van der Waals surface area contributed by atoms with Crippen molar-refractivity contribution in [2.24, 2.45) is 0 Å². The third-order valence-electron chi connectivity index (χ3n) is 3.25. The number of benzene rings is 1. The van der Waals surface area contributed by atoms with Crippen molar-refractivity contribution in [3.8, 4) is 17.4 Å². The second-order valence-corrected chi connectivity index (χ2v) is 5.49. The molecular formula is C16H13BrN4O3. The Morgan fingerprint density at radius 3 is 2.75 bits per heavy atom. The summed E-state index contributed by atoms with van der Waals surface area (Å²) < 4.78 is 19.4. The maximum Gasteiger partial charge on any atom is 0.254 e. The predicted molar refractivity (Wildman–Crippen MR) is 91.5 cm³/mol. The normalized spacial score (nSPS) is 11.0. The Kier molecular flexibility index (Phi) is 4.20. The number of nitrogens with zero attached hydrogens (tertiary/aromatic N) is 3. The van der Waals surface area contributed by atoms with Crippen molar-refractivity contribution in [3.63, 3.8) is 0 Å². The van der Waals surface area contributed by atoms with Crippen LogP contribution in [0.2, 0.25) is 0 Å². The molecule has 1 amide bonds. The molecule has 0 aliphatic rings. The van der Waals surface area contributed by atoms with Gasteiger partial charge in [0.05, 0.1) is 32.0 Å². The number of hydrogen-bond acceptors (Lipinski definition) is 6. The molecule has 0 saturated carbocycles. The van der Waals surface area contributed by atoms with Gasteiger partial charge in [0.2, 0.25) is 5.88 Å². The SMILES string of the molecule is [2H]c1cc(Oc2cnc(Br)cn2)c2cc(C(=O)NC)c(OC)cc2n1.